The van der Waals surface area contributed by atoms with Crippen LogP contribution in [-0.4, -0.2) is 25.5 Å². The number of esters is 1. The predicted molar refractivity (Wildman–Crippen MR) is 97.4 cm³/mol. The average Bonchev–Trinajstić information content (AvgIpc) is 2.56. The van der Waals surface area contributed by atoms with Crippen molar-refractivity contribution in [2.24, 2.45) is 0 Å². The highest BCUT2D eigenvalue weighted by Gasteiger charge is 2.15. The first-order chi connectivity index (χ1) is 11.8. The van der Waals surface area contributed by atoms with E-state index in [1.165, 1.54) is 0 Å². The van der Waals surface area contributed by atoms with Crippen LogP contribution in [0.1, 0.15) is 38.2 Å². The first kappa shape index (κ1) is 18.7. The number of ether oxygens (including phenoxy) is 2. The third kappa shape index (κ3) is 4.69. The molecular formula is C21H24O4. The van der Waals surface area contributed by atoms with Gasteiger partial charge >= 0.3 is 5.97 Å². The van der Waals surface area contributed by atoms with E-state index in [1.807, 2.05) is 58.0 Å². The van der Waals surface area contributed by atoms with Gasteiger partial charge in [0, 0.05) is 11.1 Å². The van der Waals surface area contributed by atoms with E-state index < -0.39 is 5.97 Å². The fraction of sp³-hybridized carbons (Fsp3) is 0.333. The predicted octanol–water partition coefficient (Wildman–Crippen LogP) is 3.90. The number of carbonyl (C=O) groups is 2. The van der Waals surface area contributed by atoms with Gasteiger partial charge in [0.25, 0.3) is 0 Å². The van der Waals surface area contributed by atoms with Crippen molar-refractivity contribution >= 4 is 11.8 Å². The minimum Gasteiger partial charge on any atom is -0.496 e. The lowest BCUT2D eigenvalue weighted by atomic mass is 9.98. The molecule has 2 rings (SSSR count). The summed E-state index contributed by atoms with van der Waals surface area (Å²) in [4.78, 5) is 24.5. The smallest absolute Gasteiger partial charge is 0.310 e. The lowest BCUT2D eigenvalue weighted by molar-refractivity contribution is -0.141. The Morgan fingerprint density at radius 2 is 1.60 bits per heavy atom. The zero-order valence-electron chi connectivity index (χ0n) is 15.4. The zero-order chi connectivity index (χ0) is 18.6. The number of rotatable bonds is 6. The second kappa shape index (κ2) is 7.97. The molecule has 25 heavy (non-hydrogen) atoms. The van der Waals surface area contributed by atoms with E-state index in [9.17, 15) is 9.59 Å². The summed E-state index contributed by atoms with van der Waals surface area (Å²) >= 11 is 0. The number of aryl methyl sites for hydroxylation is 4. The fourth-order valence-electron chi connectivity index (χ4n) is 2.74. The van der Waals surface area contributed by atoms with Crippen LogP contribution in [0, 0.1) is 27.7 Å². The minimum atomic E-state index is -0.446. The molecule has 0 aromatic heterocycles. The maximum Gasteiger partial charge on any atom is 0.310 e. The number of hydrogen-bond acceptors (Lipinski definition) is 4. The summed E-state index contributed by atoms with van der Waals surface area (Å²) in [5.41, 5.74) is 5.46. The topological polar surface area (TPSA) is 52.6 Å². The molecule has 0 aliphatic rings. The van der Waals surface area contributed by atoms with Crippen LogP contribution in [0.5, 0.6) is 5.75 Å². The van der Waals surface area contributed by atoms with Gasteiger partial charge in [-0.1, -0.05) is 23.8 Å². The lowest BCUT2D eigenvalue weighted by Crippen LogP contribution is -2.17. The number of methoxy groups -OCH3 is 1. The molecule has 0 heterocycles. The van der Waals surface area contributed by atoms with Crippen molar-refractivity contribution in [3.8, 4) is 5.75 Å². The van der Waals surface area contributed by atoms with Crippen LogP contribution >= 0.6 is 0 Å². The minimum absolute atomic E-state index is 0.0735. The fourth-order valence-corrected chi connectivity index (χ4v) is 2.74. The Kier molecular flexibility index (Phi) is 5.97. The first-order valence-corrected chi connectivity index (χ1v) is 8.22. The number of benzene rings is 2. The molecule has 4 heteroatoms. The molecule has 0 spiro atoms. The highest BCUT2D eigenvalue weighted by Crippen LogP contribution is 2.21. The molecule has 132 valence electrons. The van der Waals surface area contributed by atoms with Gasteiger partial charge in [0.15, 0.2) is 6.61 Å². The first-order valence-electron chi connectivity index (χ1n) is 8.22. The molecule has 0 N–H and O–H groups in total. The van der Waals surface area contributed by atoms with E-state index in [2.05, 4.69) is 0 Å². The second-order valence-electron chi connectivity index (χ2n) is 6.33. The second-order valence-corrected chi connectivity index (χ2v) is 6.33. The molecule has 0 amide bonds. The van der Waals surface area contributed by atoms with Crippen molar-refractivity contribution in [1.29, 1.82) is 0 Å². The molecule has 0 saturated heterocycles. The van der Waals surface area contributed by atoms with Crippen LogP contribution in [0.15, 0.2) is 30.3 Å². The molecule has 0 saturated carbocycles. The molecular weight excluding hydrogens is 316 g/mol. The van der Waals surface area contributed by atoms with Crippen LogP contribution in [-0.2, 0) is 16.0 Å². The van der Waals surface area contributed by atoms with Crippen molar-refractivity contribution in [2.75, 3.05) is 13.7 Å². The van der Waals surface area contributed by atoms with Gasteiger partial charge in [-0.15, -0.1) is 0 Å². The SMILES string of the molecule is COc1ccc(C)cc1CC(=O)OCC(=O)c1cc(C)c(C)cc1C. The van der Waals surface area contributed by atoms with Gasteiger partial charge in [-0.2, -0.15) is 0 Å². The van der Waals surface area contributed by atoms with E-state index >= 15 is 0 Å². The van der Waals surface area contributed by atoms with Crippen LogP contribution in [0.4, 0.5) is 0 Å². The Balaban J connectivity index is 2.02. The number of hydrogen-bond donors (Lipinski definition) is 0. The lowest BCUT2D eigenvalue weighted by Gasteiger charge is -2.11. The Hall–Kier alpha value is -2.62. The van der Waals surface area contributed by atoms with Gasteiger partial charge in [-0.3, -0.25) is 9.59 Å². The molecule has 0 aliphatic heterocycles. The van der Waals surface area contributed by atoms with Crippen LogP contribution in [0.25, 0.3) is 0 Å². The van der Waals surface area contributed by atoms with Crippen molar-refractivity contribution < 1.29 is 19.1 Å². The Morgan fingerprint density at radius 1 is 0.920 bits per heavy atom. The molecule has 0 atom stereocenters. The Bertz CT molecular complexity index is 806. The van der Waals surface area contributed by atoms with Gasteiger partial charge in [0.1, 0.15) is 5.75 Å². The number of Topliss-reactive ketones (excluding diaryl/α,β-unsaturated/α-hetero) is 1. The van der Waals surface area contributed by atoms with Gasteiger partial charge in [0.05, 0.1) is 13.5 Å². The molecule has 2 aromatic carbocycles. The van der Waals surface area contributed by atoms with Crippen molar-refractivity contribution in [3.63, 3.8) is 0 Å². The summed E-state index contributed by atoms with van der Waals surface area (Å²) < 4.78 is 10.4. The van der Waals surface area contributed by atoms with E-state index in [4.69, 9.17) is 9.47 Å². The van der Waals surface area contributed by atoms with Gasteiger partial charge in [-0.25, -0.2) is 0 Å². The van der Waals surface area contributed by atoms with Crippen molar-refractivity contribution in [1.82, 2.24) is 0 Å². The van der Waals surface area contributed by atoms with E-state index in [0.29, 0.717) is 11.3 Å². The third-order valence-electron chi connectivity index (χ3n) is 4.28. The molecule has 0 bridgehead atoms. The monoisotopic (exact) mass is 340 g/mol. The van der Waals surface area contributed by atoms with E-state index in [1.54, 1.807) is 7.11 Å². The summed E-state index contributed by atoms with van der Waals surface area (Å²) in [6.45, 7) is 7.54. The average molecular weight is 340 g/mol. The standard InChI is InChI=1S/C21H24O4/c1-13-6-7-20(24-5)17(8-13)11-21(23)25-12-19(22)18-10-15(3)14(2)9-16(18)4/h6-10H,11-12H2,1-5H3. The Morgan fingerprint density at radius 3 is 2.28 bits per heavy atom. The zero-order valence-corrected chi connectivity index (χ0v) is 15.4. The Labute approximate surface area is 148 Å². The molecule has 0 fully saturated rings. The van der Waals surface area contributed by atoms with Crippen LogP contribution in [0.2, 0.25) is 0 Å². The van der Waals surface area contributed by atoms with Gasteiger partial charge in [0.2, 0.25) is 5.78 Å². The van der Waals surface area contributed by atoms with E-state index in [-0.39, 0.29) is 18.8 Å². The quantitative estimate of drug-likeness (QED) is 0.591. The maximum absolute atomic E-state index is 12.4. The summed E-state index contributed by atoms with van der Waals surface area (Å²) in [6, 6.07) is 9.45. The summed E-state index contributed by atoms with van der Waals surface area (Å²) in [5, 5.41) is 0. The molecule has 4 nitrogen and oxygen atoms in total. The van der Waals surface area contributed by atoms with Gasteiger partial charge < -0.3 is 9.47 Å². The molecule has 2 aromatic rings. The van der Waals surface area contributed by atoms with Crippen LogP contribution in [0.3, 0.4) is 0 Å². The highest BCUT2D eigenvalue weighted by atomic mass is 16.5. The number of ketones is 1. The third-order valence-corrected chi connectivity index (χ3v) is 4.28. The summed E-state index contributed by atoms with van der Waals surface area (Å²) in [7, 11) is 1.56. The van der Waals surface area contributed by atoms with Gasteiger partial charge in [-0.05, 0) is 56.5 Å². The summed E-state index contributed by atoms with van der Waals surface area (Å²) in [6.07, 6.45) is 0.0735. The normalized spacial score (nSPS) is 10.4. The highest BCUT2D eigenvalue weighted by molar-refractivity contribution is 5.99. The van der Waals surface area contributed by atoms with Crippen LogP contribution < -0.4 is 4.74 Å². The molecule has 0 aliphatic carbocycles. The maximum atomic E-state index is 12.4. The largest absolute Gasteiger partial charge is 0.496 e. The number of carbonyl (C=O) groups excluding carboxylic acids is 2. The molecule has 0 unspecified atom stereocenters. The van der Waals surface area contributed by atoms with Crippen molar-refractivity contribution in [3.05, 3.63) is 63.7 Å². The molecule has 0 radical (unpaired) electrons. The van der Waals surface area contributed by atoms with Crippen molar-refractivity contribution in [2.45, 2.75) is 34.1 Å². The summed E-state index contributed by atoms with van der Waals surface area (Å²) in [5.74, 6) is 0.00257. The van der Waals surface area contributed by atoms with E-state index in [0.717, 1.165) is 27.8 Å².